The fraction of sp³-hybridized carbons (Fsp3) is 0.312. The van der Waals surface area contributed by atoms with Crippen LogP contribution in [0.2, 0.25) is 5.02 Å². The van der Waals surface area contributed by atoms with E-state index in [2.05, 4.69) is 15.9 Å². The van der Waals surface area contributed by atoms with Crippen molar-refractivity contribution in [3.05, 3.63) is 45.0 Å². The van der Waals surface area contributed by atoms with Crippen LogP contribution in [-0.2, 0) is 22.4 Å². The third-order valence-electron chi connectivity index (χ3n) is 3.35. The van der Waals surface area contributed by atoms with Crippen LogP contribution in [0.25, 0.3) is 11.3 Å². The molecule has 1 aromatic carbocycles. The van der Waals surface area contributed by atoms with E-state index in [4.69, 9.17) is 21.1 Å². The lowest BCUT2D eigenvalue weighted by Crippen LogP contribution is -2.17. The Morgan fingerprint density at radius 3 is 2.40 bits per heavy atom. The minimum Gasteiger partial charge on any atom is -0.382 e. The first-order valence-corrected chi connectivity index (χ1v) is 8.20. The maximum atomic E-state index is 13.5. The van der Waals surface area contributed by atoms with Crippen molar-refractivity contribution in [3.63, 3.8) is 0 Å². The summed E-state index contributed by atoms with van der Waals surface area (Å²) in [6.45, 7) is -0.0207. The second-order valence-electron chi connectivity index (χ2n) is 4.96. The van der Waals surface area contributed by atoms with Gasteiger partial charge in [0.15, 0.2) is 0 Å². The average molecular weight is 438 g/mol. The van der Waals surface area contributed by atoms with E-state index in [-0.39, 0.29) is 35.7 Å². The van der Waals surface area contributed by atoms with E-state index in [0.717, 1.165) is 4.57 Å². The number of alkyl halides is 3. The number of nitrogens with zero attached hydrogens (tertiary/aromatic N) is 2. The molecule has 0 saturated heterocycles. The molecule has 0 spiro atoms. The summed E-state index contributed by atoms with van der Waals surface area (Å²) in [6, 6.07) is 8.02. The Labute approximate surface area is 155 Å². The highest BCUT2D eigenvalue weighted by Gasteiger charge is 2.40. The van der Waals surface area contributed by atoms with E-state index in [1.54, 1.807) is 24.3 Å². The van der Waals surface area contributed by atoms with Crippen LogP contribution in [-0.4, -0.2) is 24.9 Å². The number of ether oxygens (including phenoxy) is 2. The Morgan fingerprint density at radius 2 is 1.88 bits per heavy atom. The molecule has 0 aliphatic rings. The van der Waals surface area contributed by atoms with Gasteiger partial charge in [0.05, 0.1) is 28.9 Å². The van der Waals surface area contributed by atoms with Crippen molar-refractivity contribution in [2.24, 2.45) is 0 Å². The smallest absolute Gasteiger partial charge is 0.382 e. The van der Waals surface area contributed by atoms with Crippen LogP contribution in [0.4, 0.5) is 13.2 Å². The summed E-state index contributed by atoms with van der Waals surface area (Å²) >= 11 is 8.75. The van der Waals surface area contributed by atoms with Gasteiger partial charge in [-0.25, -0.2) is 0 Å². The highest BCUT2D eigenvalue weighted by atomic mass is 79.9. The number of rotatable bonds is 6. The van der Waals surface area contributed by atoms with Crippen LogP contribution < -0.4 is 0 Å². The molecule has 0 bridgehead atoms. The summed E-state index contributed by atoms with van der Waals surface area (Å²) in [5.41, 5.74) is -0.570. The Balaban J connectivity index is 2.62. The monoisotopic (exact) mass is 436 g/mol. The summed E-state index contributed by atoms with van der Waals surface area (Å²) in [6.07, 6.45) is -4.67. The molecule has 2 rings (SSSR count). The van der Waals surface area contributed by atoms with Crippen molar-refractivity contribution in [1.29, 1.82) is 5.26 Å². The Kier molecular flexibility index (Phi) is 6.52. The van der Waals surface area contributed by atoms with E-state index < -0.39 is 11.9 Å². The van der Waals surface area contributed by atoms with Gasteiger partial charge in [-0.3, -0.25) is 0 Å². The molecule has 0 radical (unpaired) electrons. The minimum atomic E-state index is -4.67. The van der Waals surface area contributed by atoms with Crippen molar-refractivity contribution in [2.75, 3.05) is 20.3 Å². The molecule has 0 aliphatic carbocycles. The molecule has 1 aromatic heterocycles. The molecule has 134 valence electrons. The Morgan fingerprint density at radius 1 is 1.24 bits per heavy atom. The number of hydrogen-bond donors (Lipinski definition) is 0. The maximum Gasteiger partial charge on any atom is 0.432 e. The first-order valence-electron chi connectivity index (χ1n) is 7.03. The van der Waals surface area contributed by atoms with Gasteiger partial charge in [0.1, 0.15) is 18.5 Å². The third-order valence-corrected chi connectivity index (χ3v) is 4.38. The molecular weight excluding hydrogens is 425 g/mol. The minimum absolute atomic E-state index is 0.107. The number of benzene rings is 1. The zero-order chi connectivity index (χ0) is 18.6. The molecule has 0 saturated carbocycles. The predicted octanol–water partition coefficient (Wildman–Crippen LogP) is 5.08. The van der Waals surface area contributed by atoms with Gasteiger partial charge in [0.2, 0.25) is 0 Å². The lowest BCUT2D eigenvalue weighted by Gasteiger charge is -2.16. The molecular formula is C16H13BrClF3N2O2. The fourth-order valence-electron chi connectivity index (χ4n) is 2.30. The summed E-state index contributed by atoms with van der Waals surface area (Å²) < 4.78 is 51.3. The molecule has 0 unspecified atom stereocenters. The topological polar surface area (TPSA) is 47.2 Å². The molecule has 2 aromatic rings. The number of halogens is 5. The van der Waals surface area contributed by atoms with Gasteiger partial charge >= 0.3 is 6.18 Å². The largest absolute Gasteiger partial charge is 0.432 e. The van der Waals surface area contributed by atoms with Gasteiger partial charge in [-0.1, -0.05) is 23.7 Å². The molecule has 0 N–H and O–H groups in total. The van der Waals surface area contributed by atoms with Crippen LogP contribution in [0.1, 0.15) is 11.3 Å². The summed E-state index contributed by atoms with van der Waals surface area (Å²) in [5, 5.41) is 9.82. The number of aromatic nitrogens is 1. The zero-order valence-electron chi connectivity index (χ0n) is 13.0. The SMILES string of the molecule is COCCOCn1c(-c2ccc(Cl)cc2)c(C#N)c(Br)c1C(F)(F)F. The van der Waals surface area contributed by atoms with E-state index in [0.29, 0.717) is 10.6 Å². The number of hydrogen-bond acceptors (Lipinski definition) is 3. The third kappa shape index (κ3) is 4.36. The van der Waals surface area contributed by atoms with Crippen LogP contribution in [0.15, 0.2) is 28.7 Å². The molecule has 9 heteroatoms. The highest BCUT2D eigenvalue weighted by Crippen LogP contribution is 2.43. The molecule has 0 aliphatic heterocycles. The molecule has 1 heterocycles. The summed E-state index contributed by atoms with van der Waals surface area (Å²) in [5.74, 6) is 0. The van der Waals surface area contributed by atoms with Crippen molar-refractivity contribution in [1.82, 2.24) is 4.57 Å². The van der Waals surface area contributed by atoms with E-state index in [1.807, 2.05) is 6.07 Å². The van der Waals surface area contributed by atoms with Crippen molar-refractivity contribution in [3.8, 4) is 17.3 Å². The van der Waals surface area contributed by atoms with Crippen molar-refractivity contribution >= 4 is 27.5 Å². The molecule has 25 heavy (non-hydrogen) atoms. The number of methoxy groups -OCH3 is 1. The maximum absolute atomic E-state index is 13.5. The standard InChI is InChI=1S/C16H13BrClF3N2O2/c1-24-6-7-25-9-23-14(10-2-4-11(18)5-3-10)12(8-22)13(17)15(23)16(19,20)21/h2-5H,6-7,9H2,1H3. The van der Waals surface area contributed by atoms with Crippen LogP contribution in [0, 0.1) is 11.3 Å². The first-order chi connectivity index (χ1) is 11.8. The van der Waals surface area contributed by atoms with E-state index in [1.165, 1.54) is 7.11 Å². The van der Waals surface area contributed by atoms with Gasteiger partial charge in [-0.2, -0.15) is 18.4 Å². The second-order valence-corrected chi connectivity index (χ2v) is 6.19. The Hall–Kier alpha value is -1.53. The van der Waals surface area contributed by atoms with Crippen molar-refractivity contribution in [2.45, 2.75) is 12.9 Å². The molecule has 0 fully saturated rings. The highest BCUT2D eigenvalue weighted by molar-refractivity contribution is 9.10. The molecule has 0 amide bonds. The van der Waals surface area contributed by atoms with Gasteiger partial charge < -0.3 is 14.0 Å². The summed E-state index contributed by atoms with van der Waals surface area (Å²) in [7, 11) is 1.46. The van der Waals surface area contributed by atoms with Gasteiger partial charge in [-0.15, -0.1) is 0 Å². The van der Waals surface area contributed by atoms with Gasteiger partial charge in [-0.05, 0) is 33.6 Å². The lowest BCUT2D eigenvalue weighted by molar-refractivity contribution is -0.146. The van der Waals surface area contributed by atoms with Crippen LogP contribution in [0.3, 0.4) is 0 Å². The first kappa shape index (κ1) is 19.8. The lowest BCUT2D eigenvalue weighted by atomic mass is 10.1. The summed E-state index contributed by atoms with van der Waals surface area (Å²) in [4.78, 5) is 0. The number of nitriles is 1. The quantitative estimate of drug-likeness (QED) is 0.592. The van der Waals surface area contributed by atoms with Gasteiger partial charge in [0, 0.05) is 12.1 Å². The Bertz CT molecular complexity index is 783. The normalized spacial score (nSPS) is 11.6. The van der Waals surface area contributed by atoms with E-state index >= 15 is 0 Å². The van der Waals surface area contributed by atoms with E-state index in [9.17, 15) is 18.4 Å². The fourth-order valence-corrected chi connectivity index (χ4v) is 3.14. The zero-order valence-corrected chi connectivity index (χ0v) is 15.4. The second kappa shape index (κ2) is 8.23. The predicted molar refractivity (Wildman–Crippen MR) is 90.1 cm³/mol. The average Bonchev–Trinajstić information content (AvgIpc) is 2.84. The molecule has 0 atom stereocenters. The van der Waals surface area contributed by atoms with Crippen molar-refractivity contribution < 1.29 is 22.6 Å². The van der Waals surface area contributed by atoms with Crippen LogP contribution in [0.5, 0.6) is 0 Å². The molecule has 4 nitrogen and oxygen atoms in total. The van der Waals surface area contributed by atoms with Gasteiger partial charge in [0.25, 0.3) is 0 Å². The van der Waals surface area contributed by atoms with Crippen LogP contribution >= 0.6 is 27.5 Å².